The van der Waals surface area contributed by atoms with Crippen LogP contribution in [0, 0.1) is 13.8 Å². The van der Waals surface area contributed by atoms with Gasteiger partial charge in [-0.3, -0.25) is 0 Å². The molecule has 0 saturated carbocycles. The normalized spacial score (nSPS) is 12.7. The Morgan fingerprint density at radius 2 is 1.55 bits per heavy atom. The molecule has 0 bridgehead atoms. The van der Waals surface area contributed by atoms with Crippen LogP contribution in [0.15, 0.2) is 60.7 Å². The third-order valence-electron chi connectivity index (χ3n) is 6.32. The number of fused-ring (bicyclic) bond motifs is 2. The van der Waals surface area contributed by atoms with Gasteiger partial charge in [0, 0.05) is 17.3 Å². The topological polar surface area (TPSA) is 56.3 Å². The SMILES string of the molecule is Cc1cccc(C)c1CCCc1nnc(NCc2ccc3c(c2)OCCO3)c2ccccc12. The van der Waals surface area contributed by atoms with E-state index in [4.69, 9.17) is 9.47 Å². The van der Waals surface area contributed by atoms with Crippen LogP contribution >= 0.6 is 0 Å². The minimum Gasteiger partial charge on any atom is -0.486 e. The molecule has 0 saturated heterocycles. The molecule has 168 valence electrons. The zero-order chi connectivity index (χ0) is 22.6. The van der Waals surface area contributed by atoms with E-state index < -0.39 is 0 Å². The Balaban J connectivity index is 1.30. The van der Waals surface area contributed by atoms with Crippen molar-refractivity contribution in [2.45, 2.75) is 39.7 Å². The molecular weight excluding hydrogens is 410 g/mol. The van der Waals surface area contributed by atoms with Gasteiger partial charge in [0.15, 0.2) is 17.3 Å². The molecule has 1 N–H and O–H groups in total. The van der Waals surface area contributed by atoms with Crippen molar-refractivity contribution in [2.24, 2.45) is 0 Å². The second-order valence-corrected chi connectivity index (χ2v) is 8.60. The maximum atomic E-state index is 5.71. The van der Waals surface area contributed by atoms with Crippen molar-refractivity contribution in [3.05, 3.63) is 88.6 Å². The fourth-order valence-corrected chi connectivity index (χ4v) is 4.53. The van der Waals surface area contributed by atoms with Crippen molar-refractivity contribution in [2.75, 3.05) is 18.5 Å². The number of rotatable bonds is 7. The van der Waals surface area contributed by atoms with E-state index in [0.29, 0.717) is 19.8 Å². The smallest absolute Gasteiger partial charge is 0.161 e. The Morgan fingerprint density at radius 3 is 2.36 bits per heavy atom. The minimum absolute atomic E-state index is 0.588. The molecule has 1 aliphatic rings. The van der Waals surface area contributed by atoms with Gasteiger partial charge in [0.25, 0.3) is 0 Å². The van der Waals surface area contributed by atoms with Crippen LogP contribution in [0.25, 0.3) is 10.8 Å². The first-order chi connectivity index (χ1) is 16.2. The summed E-state index contributed by atoms with van der Waals surface area (Å²) < 4.78 is 11.3. The molecule has 0 atom stereocenters. The number of nitrogens with zero attached hydrogens (tertiary/aromatic N) is 2. The monoisotopic (exact) mass is 439 g/mol. The number of ether oxygens (including phenoxy) is 2. The summed E-state index contributed by atoms with van der Waals surface area (Å²) in [5.41, 5.74) is 6.35. The van der Waals surface area contributed by atoms with Crippen LogP contribution in [0.4, 0.5) is 5.82 Å². The van der Waals surface area contributed by atoms with Gasteiger partial charge in [-0.2, -0.15) is 5.10 Å². The standard InChI is InChI=1S/C28H29N3O2/c1-19-7-5-8-20(2)22(19)11-6-12-25-23-9-3-4-10-24(23)28(31-30-25)29-18-21-13-14-26-27(17-21)33-16-15-32-26/h3-5,7-10,13-14,17H,6,11-12,15-16,18H2,1-2H3,(H,29,31). The summed E-state index contributed by atoms with van der Waals surface area (Å²) in [6, 6.07) is 21.0. The van der Waals surface area contributed by atoms with Gasteiger partial charge < -0.3 is 14.8 Å². The Labute approximate surface area is 194 Å². The number of aromatic nitrogens is 2. The van der Waals surface area contributed by atoms with Gasteiger partial charge >= 0.3 is 0 Å². The van der Waals surface area contributed by atoms with Crippen LogP contribution in [-0.4, -0.2) is 23.4 Å². The number of benzene rings is 3. The highest BCUT2D eigenvalue weighted by atomic mass is 16.6. The van der Waals surface area contributed by atoms with Crippen LogP contribution in [0.3, 0.4) is 0 Å². The molecular formula is C28H29N3O2. The summed E-state index contributed by atoms with van der Waals surface area (Å²) >= 11 is 0. The van der Waals surface area contributed by atoms with Crippen molar-refractivity contribution in [3.8, 4) is 11.5 Å². The third-order valence-corrected chi connectivity index (χ3v) is 6.32. The minimum atomic E-state index is 0.588. The summed E-state index contributed by atoms with van der Waals surface area (Å²) in [5.74, 6) is 2.41. The second kappa shape index (κ2) is 9.49. The van der Waals surface area contributed by atoms with Crippen molar-refractivity contribution in [1.29, 1.82) is 0 Å². The van der Waals surface area contributed by atoms with Crippen LogP contribution in [0.2, 0.25) is 0 Å². The molecule has 5 nitrogen and oxygen atoms in total. The molecule has 33 heavy (non-hydrogen) atoms. The molecule has 0 unspecified atom stereocenters. The lowest BCUT2D eigenvalue weighted by Gasteiger charge is -2.19. The average molecular weight is 440 g/mol. The fraction of sp³-hybridized carbons (Fsp3) is 0.286. The average Bonchev–Trinajstić information content (AvgIpc) is 2.85. The van der Waals surface area contributed by atoms with Crippen LogP contribution in [0.5, 0.6) is 11.5 Å². The number of anilines is 1. The van der Waals surface area contributed by atoms with E-state index in [1.807, 2.05) is 12.1 Å². The molecule has 2 heterocycles. The third kappa shape index (κ3) is 4.63. The molecule has 0 spiro atoms. The van der Waals surface area contributed by atoms with E-state index >= 15 is 0 Å². The highest BCUT2D eigenvalue weighted by Gasteiger charge is 2.13. The lowest BCUT2D eigenvalue weighted by molar-refractivity contribution is 0.171. The zero-order valence-corrected chi connectivity index (χ0v) is 19.2. The first kappa shape index (κ1) is 21.3. The molecule has 0 radical (unpaired) electrons. The summed E-state index contributed by atoms with van der Waals surface area (Å²) in [4.78, 5) is 0. The maximum absolute atomic E-state index is 5.71. The Bertz CT molecular complexity index is 1270. The van der Waals surface area contributed by atoms with Crippen molar-refractivity contribution >= 4 is 16.6 Å². The lowest BCUT2D eigenvalue weighted by Crippen LogP contribution is -2.15. The molecule has 1 aliphatic heterocycles. The molecule has 5 heteroatoms. The second-order valence-electron chi connectivity index (χ2n) is 8.60. The predicted molar refractivity (Wildman–Crippen MR) is 132 cm³/mol. The van der Waals surface area contributed by atoms with Gasteiger partial charge in [0.1, 0.15) is 13.2 Å². The van der Waals surface area contributed by atoms with Gasteiger partial charge in [-0.15, -0.1) is 5.10 Å². The number of aryl methyl sites for hydroxylation is 3. The Kier molecular flexibility index (Phi) is 6.11. The van der Waals surface area contributed by atoms with Gasteiger partial charge in [0.05, 0.1) is 5.69 Å². The van der Waals surface area contributed by atoms with Gasteiger partial charge in [-0.05, 0) is 67.5 Å². The molecule has 0 aliphatic carbocycles. The summed E-state index contributed by atoms with van der Waals surface area (Å²) in [7, 11) is 0. The van der Waals surface area contributed by atoms with Gasteiger partial charge in [-0.25, -0.2) is 0 Å². The van der Waals surface area contributed by atoms with Crippen LogP contribution < -0.4 is 14.8 Å². The molecule has 0 amide bonds. The van der Waals surface area contributed by atoms with Crippen molar-refractivity contribution < 1.29 is 9.47 Å². The first-order valence-electron chi connectivity index (χ1n) is 11.6. The summed E-state index contributed by atoms with van der Waals surface area (Å²) in [5, 5.41) is 14.9. The lowest BCUT2D eigenvalue weighted by atomic mass is 9.97. The van der Waals surface area contributed by atoms with E-state index in [0.717, 1.165) is 53.2 Å². The number of hydrogen-bond donors (Lipinski definition) is 1. The van der Waals surface area contributed by atoms with E-state index in [9.17, 15) is 0 Å². The Morgan fingerprint density at radius 1 is 0.788 bits per heavy atom. The van der Waals surface area contributed by atoms with E-state index in [1.54, 1.807) is 0 Å². The van der Waals surface area contributed by atoms with Gasteiger partial charge in [0.2, 0.25) is 0 Å². The fourth-order valence-electron chi connectivity index (χ4n) is 4.53. The van der Waals surface area contributed by atoms with E-state index in [1.165, 1.54) is 22.1 Å². The molecule has 0 fully saturated rings. The molecule has 5 rings (SSSR count). The highest BCUT2D eigenvalue weighted by molar-refractivity contribution is 5.93. The number of hydrogen-bond acceptors (Lipinski definition) is 5. The van der Waals surface area contributed by atoms with Crippen LogP contribution in [-0.2, 0) is 19.4 Å². The zero-order valence-electron chi connectivity index (χ0n) is 19.2. The van der Waals surface area contributed by atoms with Crippen molar-refractivity contribution in [1.82, 2.24) is 10.2 Å². The van der Waals surface area contributed by atoms with Gasteiger partial charge in [-0.1, -0.05) is 48.5 Å². The van der Waals surface area contributed by atoms with E-state index in [2.05, 4.69) is 77.9 Å². The molecule has 1 aromatic heterocycles. The molecule has 4 aromatic rings. The number of nitrogens with one attached hydrogen (secondary N) is 1. The largest absolute Gasteiger partial charge is 0.486 e. The predicted octanol–water partition coefficient (Wildman–Crippen LogP) is 5.81. The Hall–Kier alpha value is -3.60. The quantitative estimate of drug-likeness (QED) is 0.394. The summed E-state index contributed by atoms with van der Waals surface area (Å²) in [6.45, 7) is 6.22. The highest BCUT2D eigenvalue weighted by Crippen LogP contribution is 2.31. The van der Waals surface area contributed by atoms with E-state index in [-0.39, 0.29) is 0 Å². The van der Waals surface area contributed by atoms with Crippen LogP contribution in [0.1, 0.15) is 34.4 Å². The van der Waals surface area contributed by atoms with Crippen molar-refractivity contribution in [3.63, 3.8) is 0 Å². The first-order valence-corrected chi connectivity index (χ1v) is 11.6. The maximum Gasteiger partial charge on any atom is 0.161 e. The summed E-state index contributed by atoms with van der Waals surface area (Å²) in [6.07, 6.45) is 3.01. The molecule has 3 aromatic carbocycles.